The van der Waals surface area contributed by atoms with Crippen LogP contribution >= 0.6 is 0 Å². The number of hydrogen-bond donors (Lipinski definition) is 2. The van der Waals surface area contributed by atoms with E-state index in [1.807, 2.05) is 31.2 Å². The number of ether oxygens (including phenoxy) is 1. The van der Waals surface area contributed by atoms with Gasteiger partial charge in [-0.15, -0.1) is 0 Å². The van der Waals surface area contributed by atoms with Crippen molar-refractivity contribution in [3.63, 3.8) is 0 Å². The smallest absolute Gasteiger partial charge is 0.333 e. The van der Waals surface area contributed by atoms with Gasteiger partial charge in [-0.3, -0.25) is 13.9 Å². The van der Waals surface area contributed by atoms with Gasteiger partial charge >= 0.3 is 5.69 Å². The molecule has 7 heteroatoms. The summed E-state index contributed by atoms with van der Waals surface area (Å²) in [6.07, 6.45) is -0.640. The highest BCUT2D eigenvalue weighted by Crippen LogP contribution is 2.27. The molecule has 2 N–H and O–H groups in total. The van der Waals surface area contributed by atoms with Gasteiger partial charge in [-0.1, -0.05) is 24.3 Å². The van der Waals surface area contributed by atoms with Crippen LogP contribution < -0.4 is 11.2 Å². The van der Waals surface area contributed by atoms with Crippen LogP contribution in [0, 0.1) is 13.8 Å². The number of aromatic nitrogens is 2. The van der Waals surface area contributed by atoms with Crippen LogP contribution in [-0.2, 0) is 11.3 Å². The Morgan fingerprint density at radius 1 is 1.20 bits per heavy atom. The van der Waals surface area contributed by atoms with E-state index in [2.05, 4.69) is 0 Å². The lowest BCUT2D eigenvalue weighted by molar-refractivity contribution is -0.0463. The third-order valence-electron chi connectivity index (χ3n) is 4.65. The van der Waals surface area contributed by atoms with E-state index in [0.717, 1.165) is 11.1 Å². The van der Waals surface area contributed by atoms with E-state index in [1.54, 1.807) is 6.92 Å². The summed E-state index contributed by atoms with van der Waals surface area (Å²) >= 11 is 0. The first kappa shape index (κ1) is 17.6. The molecule has 1 fully saturated rings. The van der Waals surface area contributed by atoms with Gasteiger partial charge < -0.3 is 14.9 Å². The summed E-state index contributed by atoms with van der Waals surface area (Å²) in [4.78, 5) is 25.3. The van der Waals surface area contributed by atoms with E-state index in [0.29, 0.717) is 5.56 Å². The Bertz CT molecular complexity index is 886. The zero-order valence-electron chi connectivity index (χ0n) is 14.3. The maximum Gasteiger partial charge on any atom is 0.333 e. The minimum atomic E-state index is -0.848. The molecule has 2 aromatic rings. The normalized spacial score (nSPS) is 23.1. The first-order chi connectivity index (χ1) is 11.9. The molecule has 7 nitrogen and oxygen atoms in total. The number of benzene rings is 1. The summed E-state index contributed by atoms with van der Waals surface area (Å²) in [6.45, 7) is 3.41. The lowest BCUT2D eigenvalue weighted by atomic mass is 10.1. The van der Waals surface area contributed by atoms with Crippen molar-refractivity contribution in [3.8, 4) is 0 Å². The molecule has 0 amide bonds. The van der Waals surface area contributed by atoms with Gasteiger partial charge in [0.15, 0.2) is 0 Å². The molecule has 0 bridgehead atoms. The monoisotopic (exact) mass is 346 g/mol. The fourth-order valence-electron chi connectivity index (χ4n) is 3.11. The third-order valence-corrected chi connectivity index (χ3v) is 4.65. The summed E-state index contributed by atoms with van der Waals surface area (Å²) in [5, 5.41) is 19.1. The summed E-state index contributed by atoms with van der Waals surface area (Å²) in [6, 6.07) is 7.57. The Labute approximate surface area is 144 Å². The number of rotatable bonds is 4. The maximum absolute atomic E-state index is 12.8. The van der Waals surface area contributed by atoms with Crippen LogP contribution in [0.25, 0.3) is 0 Å². The van der Waals surface area contributed by atoms with Crippen LogP contribution in [0.2, 0.25) is 0 Å². The molecular weight excluding hydrogens is 324 g/mol. The third kappa shape index (κ3) is 3.30. The molecule has 0 unspecified atom stereocenters. The zero-order chi connectivity index (χ0) is 18.1. The topological polar surface area (TPSA) is 93.7 Å². The van der Waals surface area contributed by atoms with Crippen LogP contribution in [0.15, 0.2) is 40.1 Å². The first-order valence-corrected chi connectivity index (χ1v) is 8.24. The molecule has 0 radical (unpaired) electrons. The molecular formula is C18H22N2O5. The van der Waals surface area contributed by atoms with Crippen molar-refractivity contribution in [1.82, 2.24) is 9.13 Å². The van der Waals surface area contributed by atoms with E-state index in [4.69, 9.17) is 4.74 Å². The van der Waals surface area contributed by atoms with E-state index < -0.39 is 24.1 Å². The number of nitrogens with zero attached hydrogens (tertiary/aromatic N) is 2. The molecule has 1 aliphatic rings. The molecule has 1 saturated heterocycles. The molecule has 0 spiro atoms. The molecule has 1 aromatic heterocycles. The summed E-state index contributed by atoms with van der Waals surface area (Å²) < 4.78 is 8.07. The molecule has 0 aliphatic carbocycles. The molecule has 25 heavy (non-hydrogen) atoms. The van der Waals surface area contributed by atoms with Crippen molar-refractivity contribution in [1.29, 1.82) is 0 Å². The maximum atomic E-state index is 12.8. The Morgan fingerprint density at radius 2 is 1.92 bits per heavy atom. The van der Waals surface area contributed by atoms with Crippen LogP contribution in [-0.4, -0.2) is 38.2 Å². The van der Waals surface area contributed by atoms with Crippen LogP contribution in [0.1, 0.15) is 29.3 Å². The van der Waals surface area contributed by atoms with Gasteiger partial charge in [-0.05, 0) is 25.0 Å². The Morgan fingerprint density at radius 3 is 2.56 bits per heavy atom. The van der Waals surface area contributed by atoms with E-state index >= 15 is 0 Å². The SMILES string of the molecule is Cc1ccccc1Cn1c(=O)c(C)cn([C@H]2C[C@H](O)[C@@H](CO)O2)c1=O. The molecule has 3 atom stereocenters. The van der Waals surface area contributed by atoms with Crippen molar-refractivity contribution in [2.24, 2.45) is 0 Å². The highest BCUT2D eigenvalue weighted by Gasteiger charge is 2.35. The van der Waals surface area contributed by atoms with Gasteiger partial charge in [0, 0.05) is 18.2 Å². The molecule has 0 saturated carbocycles. The van der Waals surface area contributed by atoms with Crippen molar-refractivity contribution in [3.05, 3.63) is 68.0 Å². The summed E-state index contributed by atoms with van der Waals surface area (Å²) in [5.74, 6) is 0. The standard InChI is InChI=1S/C18H22N2O5/c1-11-5-3-4-6-13(11)9-20-17(23)12(2)8-19(18(20)24)16-7-14(22)15(10-21)25-16/h3-6,8,14-16,21-22H,7,9-10H2,1-2H3/t14-,15+,16+/m0/s1. The van der Waals surface area contributed by atoms with Crippen LogP contribution in [0.5, 0.6) is 0 Å². The van der Waals surface area contributed by atoms with Gasteiger partial charge in [-0.2, -0.15) is 0 Å². The van der Waals surface area contributed by atoms with E-state index in [-0.39, 0.29) is 25.1 Å². The Hall–Kier alpha value is -2.22. The molecule has 3 rings (SSSR count). The second kappa shape index (κ2) is 6.95. The zero-order valence-corrected chi connectivity index (χ0v) is 14.3. The number of aryl methyl sites for hydroxylation is 2. The number of aliphatic hydroxyl groups excluding tert-OH is 2. The highest BCUT2D eigenvalue weighted by atomic mass is 16.5. The molecule has 134 valence electrons. The van der Waals surface area contributed by atoms with Gasteiger partial charge in [0.2, 0.25) is 0 Å². The fraction of sp³-hybridized carbons (Fsp3) is 0.444. The first-order valence-electron chi connectivity index (χ1n) is 8.24. The number of aliphatic hydroxyl groups is 2. The van der Waals surface area contributed by atoms with Crippen molar-refractivity contribution < 1.29 is 14.9 Å². The number of hydrogen-bond acceptors (Lipinski definition) is 5. The lowest BCUT2D eigenvalue weighted by Gasteiger charge is -2.18. The van der Waals surface area contributed by atoms with Crippen molar-refractivity contribution >= 4 is 0 Å². The van der Waals surface area contributed by atoms with Crippen molar-refractivity contribution in [2.45, 2.75) is 45.2 Å². The van der Waals surface area contributed by atoms with Gasteiger partial charge in [-0.25, -0.2) is 4.79 Å². The van der Waals surface area contributed by atoms with Gasteiger partial charge in [0.05, 0.1) is 19.3 Å². The van der Waals surface area contributed by atoms with Crippen LogP contribution in [0.3, 0.4) is 0 Å². The Kier molecular flexibility index (Phi) is 4.89. The van der Waals surface area contributed by atoms with E-state index in [9.17, 15) is 19.8 Å². The van der Waals surface area contributed by atoms with E-state index in [1.165, 1.54) is 15.3 Å². The second-order valence-electron chi connectivity index (χ2n) is 6.43. The molecule has 2 heterocycles. The molecule has 1 aliphatic heterocycles. The quantitative estimate of drug-likeness (QED) is 0.831. The highest BCUT2D eigenvalue weighted by molar-refractivity contribution is 5.26. The van der Waals surface area contributed by atoms with Gasteiger partial charge in [0.25, 0.3) is 5.56 Å². The van der Waals surface area contributed by atoms with Crippen molar-refractivity contribution in [2.75, 3.05) is 6.61 Å². The minimum Gasteiger partial charge on any atom is -0.394 e. The second-order valence-corrected chi connectivity index (χ2v) is 6.43. The average molecular weight is 346 g/mol. The molecule has 1 aromatic carbocycles. The predicted octanol–water partition coefficient (Wildman–Crippen LogP) is 0.316. The van der Waals surface area contributed by atoms with Gasteiger partial charge in [0.1, 0.15) is 12.3 Å². The average Bonchev–Trinajstić information content (AvgIpc) is 2.97. The predicted molar refractivity (Wildman–Crippen MR) is 91.6 cm³/mol. The fourth-order valence-corrected chi connectivity index (χ4v) is 3.11. The largest absolute Gasteiger partial charge is 0.394 e. The minimum absolute atomic E-state index is 0.171. The lowest BCUT2D eigenvalue weighted by Crippen LogP contribution is -2.42. The Balaban J connectivity index is 2.03. The summed E-state index contributed by atoms with van der Waals surface area (Å²) in [5.41, 5.74) is 1.46. The van der Waals surface area contributed by atoms with Crippen LogP contribution in [0.4, 0.5) is 0 Å². The summed E-state index contributed by atoms with van der Waals surface area (Å²) in [7, 11) is 0.